The standard InChI is InChI=1S/C7H9BrF2O3/c1-13-6(12)7(9,10)3-2-5(11)4-8/h2-4H2,1H3. The summed E-state index contributed by atoms with van der Waals surface area (Å²) >= 11 is 2.83. The summed E-state index contributed by atoms with van der Waals surface area (Å²) in [4.78, 5) is 21.1. The van der Waals surface area contributed by atoms with Crippen molar-refractivity contribution in [3.8, 4) is 0 Å². The molecule has 0 saturated carbocycles. The summed E-state index contributed by atoms with van der Waals surface area (Å²) in [5, 5.41) is 0.0181. The predicted molar refractivity (Wildman–Crippen MR) is 45.0 cm³/mol. The first-order valence-electron chi connectivity index (χ1n) is 3.48. The number of methoxy groups -OCH3 is 1. The van der Waals surface area contributed by atoms with Crippen LogP contribution in [0.3, 0.4) is 0 Å². The number of hydrogen-bond donors (Lipinski definition) is 0. The van der Waals surface area contributed by atoms with Crippen molar-refractivity contribution < 1.29 is 23.1 Å². The molecular formula is C7H9BrF2O3. The first kappa shape index (κ1) is 12.5. The van der Waals surface area contributed by atoms with E-state index >= 15 is 0 Å². The van der Waals surface area contributed by atoms with Crippen LogP contribution in [0.5, 0.6) is 0 Å². The fraction of sp³-hybridized carbons (Fsp3) is 0.714. The summed E-state index contributed by atoms with van der Waals surface area (Å²) < 4.78 is 29.2. The highest BCUT2D eigenvalue weighted by molar-refractivity contribution is 9.09. The molecule has 0 saturated heterocycles. The lowest BCUT2D eigenvalue weighted by atomic mass is 10.1. The maximum atomic E-state index is 12.7. The van der Waals surface area contributed by atoms with E-state index in [0.717, 1.165) is 7.11 Å². The summed E-state index contributed by atoms with van der Waals surface area (Å²) in [6, 6.07) is 0. The largest absolute Gasteiger partial charge is 0.465 e. The van der Waals surface area contributed by atoms with Gasteiger partial charge in [0.15, 0.2) is 0 Å². The van der Waals surface area contributed by atoms with Crippen molar-refractivity contribution >= 4 is 27.7 Å². The van der Waals surface area contributed by atoms with Gasteiger partial charge in [0.25, 0.3) is 0 Å². The second-order valence-corrected chi connectivity index (χ2v) is 2.93. The summed E-state index contributed by atoms with van der Waals surface area (Å²) in [7, 11) is 0.878. The van der Waals surface area contributed by atoms with Crippen LogP contribution in [0.4, 0.5) is 8.78 Å². The van der Waals surface area contributed by atoms with Gasteiger partial charge in [-0.05, 0) is 0 Å². The van der Waals surface area contributed by atoms with Gasteiger partial charge >= 0.3 is 11.9 Å². The molecule has 0 fully saturated rings. The third-order valence-corrected chi connectivity index (χ3v) is 1.98. The molecule has 6 heteroatoms. The molecule has 0 aliphatic rings. The topological polar surface area (TPSA) is 43.4 Å². The smallest absolute Gasteiger partial charge is 0.376 e. The molecule has 76 valence electrons. The number of alkyl halides is 3. The van der Waals surface area contributed by atoms with Gasteiger partial charge in [0, 0.05) is 12.8 Å². The zero-order chi connectivity index (χ0) is 10.5. The summed E-state index contributed by atoms with van der Waals surface area (Å²) in [5.74, 6) is -5.54. The summed E-state index contributed by atoms with van der Waals surface area (Å²) in [6.45, 7) is 0. The normalized spacial score (nSPS) is 11.1. The molecule has 0 spiro atoms. The number of Topliss-reactive ketones (excluding diaryl/α,β-unsaturated/α-hetero) is 1. The van der Waals surface area contributed by atoms with Gasteiger partial charge in [0.2, 0.25) is 0 Å². The van der Waals surface area contributed by atoms with Gasteiger partial charge in [-0.25, -0.2) is 4.79 Å². The Balaban J connectivity index is 4.03. The lowest BCUT2D eigenvalue weighted by molar-refractivity contribution is -0.169. The molecule has 0 heterocycles. The molecule has 0 rings (SSSR count). The van der Waals surface area contributed by atoms with Crippen molar-refractivity contribution in [1.29, 1.82) is 0 Å². The van der Waals surface area contributed by atoms with Crippen molar-refractivity contribution in [3.05, 3.63) is 0 Å². The van der Waals surface area contributed by atoms with Crippen LogP contribution >= 0.6 is 15.9 Å². The van der Waals surface area contributed by atoms with Crippen LogP contribution in [-0.4, -0.2) is 30.1 Å². The Kier molecular flexibility index (Phi) is 5.05. The van der Waals surface area contributed by atoms with E-state index in [2.05, 4.69) is 20.7 Å². The molecular weight excluding hydrogens is 250 g/mol. The van der Waals surface area contributed by atoms with E-state index in [-0.39, 0.29) is 17.5 Å². The van der Waals surface area contributed by atoms with Gasteiger partial charge in [0.1, 0.15) is 5.78 Å². The number of carbonyl (C=O) groups is 2. The Morgan fingerprint density at radius 3 is 2.38 bits per heavy atom. The summed E-state index contributed by atoms with van der Waals surface area (Å²) in [5.41, 5.74) is 0. The minimum Gasteiger partial charge on any atom is -0.465 e. The Hall–Kier alpha value is -0.520. The fourth-order valence-corrected chi connectivity index (χ4v) is 0.895. The van der Waals surface area contributed by atoms with Gasteiger partial charge in [-0.3, -0.25) is 4.79 Å². The van der Waals surface area contributed by atoms with Gasteiger partial charge in [-0.1, -0.05) is 15.9 Å². The van der Waals surface area contributed by atoms with Crippen LogP contribution in [-0.2, 0) is 14.3 Å². The Morgan fingerprint density at radius 2 is 2.00 bits per heavy atom. The maximum absolute atomic E-state index is 12.7. The van der Waals surface area contributed by atoms with Crippen LogP contribution < -0.4 is 0 Å². The highest BCUT2D eigenvalue weighted by atomic mass is 79.9. The van der Waals surface area contributed by atoms with Crippen molar-refractivity contribution in [1.82, 2.24) is 0 Å². The van der Waals surface area contributed by atoms with E-state index in [4.69, 9.17) is 0 Å². The van der Waals surface area contributed by atoms with Crippen LogP contribution in [0.25, 0.3) is 0 Å². The van der Waals surface area contributed by atoms with Crippen LogP contribution in [0.1, 0.15) is 12.8 Å². The number of ether oxygens (including phenoxy) is 1. The molecule has 3 nitrogen and oxygen atoms in total. The lowest BCUT2D eigenvalue weighted by Crippen LogP contribution is -2.30. The van der Waals surface area contributed by atoms with Crippen LogP contribution in [0, 0.1) is 0 Å². The highest BCUT2D eigenvalue weighted by Gasteiger charge is 2.39. The minimum absolute atomic E-state index is 0.0181. The zero-order valence-corrected chi connectivity index (χ0v) is 8.57. The Bertz CT molecular complexity index is 206. The number of hydrogen-bond acceptors (Lipinski definition) is 3. The maximum Gasteiger partial charge on any atom is 0.376 e. The van der Waals surface area contributed by atoms with Crippen LogP contribution in [0.15, 0.2) is 0 Å². The van der Waals surface area contributed by atoms with E-state index < -0.39 is 18.3 Å². The second-order valence-electron chi connectivity index (χ2n) is 2.37. The number of carbonyl (C=O) groups excluding carboxylic acids is 2. The molecule has 0 bridgehead atoms. The molecule has 0 aromatic carbocycles. The first-order chi connectivity index (χ1) is 5.94. The number of rotatable bonds is 5. The summed E-state index contributed by atoms with van der Waals surface area (Å²) in [6.07, 6.45) is -1.14. The zero-order valence-electron chi connectivity index (χ0n) is 6.98. The van der Waals surface area contributed by atoms with E-state index in [1.807, 2.05) is 0 Å². The molecule has 0 unspecified atom stereocenters. The van der Waals surface area contributed by atoms with Gasteiger partial charge in [0.05, 0.1) is 12.4 Å². The molecule has 0 N–H and O–H groups in total. The average Bonchev–Trinajstić information content (AvgIpc) is 2.12. The molecule has 0 radical (unpaired) electrons. The third kappa shape index (κ3) is 4.31. The first-order valence-corrected chi connectivity index (χ1v) is 4.60. The average molecular weight is 259 g/mol. The molecule has 0 aliphatic heterocycles. The SMILES string of the molecule is COC(=O)C(F)(F)CCC(=O)CBr. The van der Waals surface area contributed by atoms with Crippen molar-refractivity contribution in [2.75, 3.05) is 12.4 Å². The van der Waals surface area contributed by atoms with Crippen molar-refractivity contribution in [3.63, 3.8) is 0 Å². The molecule has 0 amide bonds. The highest BCUT2D eigenvalue weighted by Crippen LogP contribution is 2.22. The minimum atomic E-state index is -3.56. The van der Waals surface area contributed by atoms with Crippen molar-refractivity contribution in [2.45, 2.75) is 18.8 Å². The van der Waals surface area contributed by atoms with E-state index in [1.54, 1.807) is 0 Å². The van der Waals surface area contributed by atoms with Gasteiger partial charge in [-0.2, -0.15) is 8.78 Å². The molecule has 0 atom stereocenters. The lowest BCUT2D eigenvalue weighted by Gasteiger charge is -2.11. The van der Waals surface area contributed by atoms with Gasteiger partial charge in [-0.15, -0.1) is 0 Å². The molecule has 13 heavy (non-hydrogen) atoms. The quantitative estimate of drug-likeness (QED) is 0.555. The van der Waals surface area contributed by atoms with Gasteiger partial charge < -0.3 is 4.74 Å². The van der Waals surface area contributed by atoms with E-state index in [0.29, 0.717) is 0 Å². The number of esters is 1. The molecule has 0 aromatic heterocycles. The molecule has 0 aromatic rings. The monoisotopic (exact) mass is 258 g/mol. The fourth-order valence-electron chi connectivity index (χ4n) is 0.615. The van der Waals surface area contributed by atoms with E-state index in [9.17, 15) is 18.4 Å². The number of ketones is 1. The number of halogens is 3. The predicted octanol–water partition coefficient (Wildman–Crippen LogP) is 1.54. The second kappa shape index (κ2) is 5.26. The van der Waals surface area contributed by atoms with E-state index in [1.165, 1.54) is 0 Å². The Morgan fingerprint density at radius 1 is 1.46 bits per heavy atom. The van der Waals surface area contributed by atoms with Crippen LogP contribution in [0.2, 0.25) is 0 Å². The Labute approximate surface area is 82.6 Å². The van der Waals surface area contributed by atoms with Crippen molar-refractivity contribution in [2.24, 2.45) is 0 Å². The third-order valence-electron chi connectivity index (χ3n) is 1.35. The molecule has 0 aliphatic carbocycles.